The molecule has 3 aliphatic rings. The molecule has 2 N–H and O–H groups in total. The first-order valence-electron chi connectivity index (χ1n) is 8.30. The van der Waals surface area contributed by atoms with E-state index in [1.807, 2.05) is 19.1 Å². The van der Waals surface area contributed by atoms with Gasteiger partial charge in [0.1, 0.15) is 5.75 Å². The summed E-state index contributed by atoms with van der Waals surface area (Å²) in [5.41, 5.74) is 3.64. The molecular formula is C20H30O2. The van der Waals surface area contributed by atoms with E-state index in [0.717, 1.165) is 29.0 Å². The van der Waals surface area contributed by atoms with Crippen molar-refractivity contribution in [1.82, 2.24) is 0 Å². The first-order valence-corrected chi connectivity index (χ1v) is 8.30. The number of aliphatic hydroxyl groups excluding tert-OH is 1. The molecule has 0 amide bonds. The smallest absolute Gasteiger partial charge is 0.119 e. The van der Waals surface area contributed by atoms with E-state index in [4.69, 9.17) is 0 Å². The second-order valence-corrected chi connectivity index (χ2v) is 7.85. The van der Waals surface area contributed by atoms with Crippen LogP contribution in [0.25, 0.3) is 0 Å². The van der Waals surface area contributed by atoms with E-state index in [9.17, 15) is 10.2 Å². The second kappa shape index (κ2) is 6.08. The molecule has 122 valence electrons. The summed E-state index contributed by atoms with van der Waals surface area (Å²) in [5, 5.41) is 19.0. The maximum Gasteiger partial charge on any atom is 0.119 e. The van der Waals surface area contributed by atoms with Gasteiger partial charge in [-0.2, -0.15) is 0 Å². The van der Waals surface area contributed by atoms with Crippen LogP contribution in [0.3, 0.4) is 0 Å². The number of aliphatic hydroxyl groups is 1. The highest BCUT2D eigenvalue weighted by molar-refractivity contribution is 5.37. The first-order chi connectivity index (χ1) is 10.1. The van der Waals surface area contributed by atoms with Crippen LogP contribution in [0.5, 0.6) is 5.75 Å². The molecule has 22 heavy (non-hydrogen) atoms. The Hall–Kier alpha value is -1.28. The topological polar surface area (TPSA) is 40.5 Å². The zero-order valence-electron chi connectivity index (χ0n) is 14.6. The average Bonchev–Trinajstić information content (AvgIpc) is 2.41. The molecule has 0 spiro atoms. The Morgan fingerprint density at radius 3 is 2.27 bits per heavy atom. The van der Waals surface area contributed by atoms with Crippen LogP contribution in [0, 0.1) is 24.2 Å². The van der Waals surface area contributed by atoms with Gasteiger partial charge in [-0.05, 0) is 65.7 Å². The quantitative estimate of drug-likeness (QED) is 0.732. The van der Waals surface area contributed by atoms with Crippen molar-refractivity contribution < 1.29 is 10.2 Å². The monoisotopic (exact) mass is 302 g/mol. The molecule has 0 radical (unpaired) electrons. The Morgan fingerprint density at radius 2 is 1.86 bits per heavy atom. The van der Waals surface area contributed by atoms with Gasteiger partial charge in [0.15, 0.2) is 0 Å². The van der Waals surface area contributed by atoms with Gasteiger partial charge in [0, 0.05) is 0 Å². The van der Waals surface area contributed by atoms with Gasteiger partial charge >= 0.3 is 0 Å². The lowest BCUT2D eigenvalue weighted by Crippen LogP contribution is -2.53. The maximum atomic E-state index is 9.51. The summed E-state index contributed by atoms with van der Waals surface area (Å²) in [5.74, 6) is 2.15. The molecule has 0 saturated heterocycles. The van der Waals surface area contributed by atoms with Crippen LogP contribution in [-0.2, 0) is 0 Å². The molecule has 2 nitrogen and oxygen atoms in total. The highest BCUT2D eigenvalue weighted by Gasteiger charge is 2.54. The van der Waals surface area contributed by atoms with Crippen LogP contribution < -0.4 is 0 Å². The van der Waals surface area contributed by atoms with Gasteiger partial charge in [-0.25, -0.2) is 0 Å². The fourth-order valence-corrected chi connectivity index (χ4v) is 3.84. The molecular weight excluding hydrogens is 272 g/mol. The highest BCUT2D eigenvalue weighted by Crippen LogP contribution is 2.60. The van der Waals surface area contributed by atoms with Crippen LogP contribution in [0.2, 0.25) is 0 Å². The van der Waals surface area contributed by atoms with Crippen LogP contribution in [-0.4, -0.2) is 16.3 Å². The number of fused-ring (bicyclic) bond motifs is 2. The standard InChI is InChI=1S/C10H16O.C10H14O/c1-6-8-4-7(5-9(6)11)10(8,2)3;1-7(2)9-5-4-8(3)6-10(9)11/h7-9,11H,1,4-5H2,2-3H3;4-7,11H,1-3H3/t7-,8+,9+;/m0./s1. The van der Waals surface area contributed by atoms with E-state index in [-0.39, 0.29) is 6.10 Å². The molecule has 2 heteroatoms. The summed E-state index contributed by atoms with van der Waals surface area (Å²) in [6.07, 6.45) is 2.01. The van der Waals surface area contributed by atoms with E-state index in [2.05, 4.69) is 34.3 Å². The van der Waals surface area contributed by atoms with Crippen LogP contribution in [0.4, 0.5) is 0 Å². The number of hydrogen-bond acceptors (Lipinski definition) is 2. The predicted octanol–water partition coefficient (Wildman–Crippen LogP) is 4.79. The minimum Gasteiger partial charge on any atom is -0.508 e. The number of aromatic hydroxyl groups is 1. The Bertz CT molecular complexity index is 557. The molecule has 3 saturated carbocycles. The van der Waals surface area contributed by atoms with Gasteiger partial charge in [-0.1, -0.05) is 46.4 Å². The minimum atomic E-state index is -0.202. The summed E-state index contributed by atoms with van der Waals surface area (Å²) >= 11 is 0. The Morgan fingerprint density at radius 1 is 1.23 bits per heavy atom. The Kier molecular flexibility index (Phi) is 4.72. The van der Waals surface area contributed by atoms with Crippen molar-refractivity contribution >= 4 is 0 Å². The van der Waals surface area contributed by atoms with E-state index in [1.54, 1.807) is 6.07 Å². The number of phenols is 1. The van der Waals surface area contributed by atoms with Gasteiger partial charge in [0.2, 0.25) is 0 Å². The lowest BCUT2D eigenvalue weighted by molar-refractivity contribution is -0.0705. The molecule has 1 aromatic rings. The molecule has 2 bridgehead atoms. The lowest BCUT2D eigenvalue weighted by Gasteiger charge is -2.59. The van der Waals surface area contributed by atoms with Crippen molar-refractivity contribution in [2.45, 2.75) is 59.5 Å². The van der Waals surface area contributed by atoms with Gasteiger partial charge in [0.05, 0.1) is 6.10 Å². The summed E-state index contributed by atoms with van der Waals surface area (Å²) in [6.45, 7) is 14.7. The number of hydrogen-bond donors (Lipinski definition) is 2. The fourth-order valence-electron chi connectivity index (χ4n) is 3.84. The number of benzene rings is 1. The third-order valence-corrected chi connectivity index (χ3v) is 5.66. The van der Waals surface area contributed by atoms with E-state index in [1.165, 1.54) is 6.42 Å². The van der Waals surface area contributed by atoms with Gasteiger partial charge in [-0.3, -0.25) is 0 Å². The van der Waals surface area contributed by atoms with Crippen molar-refractivity contribution in [1.29, 1.82) is 0 Å². The zero-order valence-corrected chi connectivity index (χ0v) is 14.6. The summed E-state index contributed by atoms with van der Waals surface area (Å²) in [6, 6.07) is 5.81. The largest absolute Gasteiger partial charge is 0.508 e. The molecule has 0 unspecified atom stereocenters. The summed E-state index contributed by atoms with van der Waals surface area (Å²) in [4.78, 5) is 0. The summed E-state index contributed by atoms with van der Waals surface area (Å²) < 4.78 is 0. The van der Waals surface area contributed by atoms with Crippen LogP contribution >= 0.6 is 0 Å². The van der Waals surface area contributed by atoms with E-state index >= 15 is 0 Å². The molecule has 3 atom stereocenters. The number of rotatable bonds is 1. The average molecular weight is 302 g/mol. The van der Waals surface area contributed by atoms with Gasteiger partial charge in [-0.15, -0.1) is 0 Å². The van der Waals surface area contributed by atoms with Crippen molar-refractivity contribution in [2.24, 2.45) is 17.3 Å². The van der Waals surface area contributed by atoms with Crippen molar-refractivity contribution in [3.8, 4) is 5.75 Å². The fraction of sp³-hybridized carbons (Fsp3) is 0.600. The van der Waals surface area contributed by atoms with Crippen LogP contribution in [0.15, 0.2) is 30.4 Å². The Labute approximate surface area is 134 Å². The second-order valence-electron chi connectivity index (χ2n) is 7.85. The molecule has 0 aliphatic heterocycles. The third kappa shape index (κ3) is 3.08. The molecule has 3 aliphatic carbocycles. The SMILES string of the molecule is C=C1[C@H](O)C[C@@H]2C[C@H]1C2(C)C.Cc1ccc(C(C)C)c(O)c1. The van der Waals surface area contributed by atoms with Crippen molar-refractivity contribution in [3.05, 3.63) is 41.5 Å². The zero-order chi connectivity index (χ0) is 16.7. The van der Waals surface area contributed by atoms with Gasteiger partial charge < -0.3 is 10.2 Å². The third-order valence-electron chi connectivity index (χ3n) is 5.66. The number of phenolic OH excluding ortho intramolecular Hbond substituents is 1. The minimum absolute atomic E-state index is 0.202. The van der Waals surface area contributed by atoms with E-state index in [0.29, 0.717) is 23.0 Å². The molecule has 0 heterocycles. The normalized spacial score (nSPS) is 28.7. The Balaban J connectivity index is 0.000000160. The molecule has 0 aromatic heterocycles. The van der Waals surface area contributed by atoms with E-state index < -0.39 is 0 Å². The summed E-state index contributed by atoms with van der Waals surface area (Å²) in [7, 11) is 0. The maximum absolute atomic E-state index is 9.51. The van der Waals surface area contributed by atoms with Crippen molar-refractivity contribution in [2.75, 3.05) is 0 Å². The molecule has 1 aromatic carbocycles. The van der Waals surface area contributed by atoms with Crippen molar-refractivity contribution in [3.63, 3.8) is 0 Å². The van der Waals surface area contributed by atoms with Gasteiger partial charge in [0.25, 0.3) is 0 Å². The lowest BCUT2D eigenvalue weighted by atomic mass is 9.47. The molecule has 3 fully saturated rings. The number of aryl methyl sites for hydroxylation is 1. The first kappa shape index (κ1) is 17.1. The predicted molar refractivity (Wildman–Crippen MR) is 92.1 cm³/mol. The highest BCUT2D eigenvalue weighted by atomic mass is 16.3. The molecule has 4 rings (SSSR count). The van der Waals surface area contributed by atoms with Crippen LogP contribution in [0.1, 0.15) is 57.6 Å².